The average Bonchev–Trinajstić information content (AvgIpc) is 2.50. The number of methoxy groups -OCH3 is 1. The van der Waals surface area contributed by atoms with Gasteiger partial charge in [-0.25, -0.2) is 0 Å². The van der Waals surface area contributed by atoms with E-state index in [2.05, 4.69) is 5.32 Å². The number of hydrogen-bond donors (Lipinski definition) is 1. The molecule has 0 saturated carbocycles. The van der Waals surface area contributed by atoms with E-state index in [1.54, 1.807) is 6.92 Å². The molecule has 1 aromatic carbocycles. The summed E-state index contributed by atoms with van der Waals surface area (Å²) in [4.78, 5) is 29.6. The summed E-state index contributed by atoms with van der Waals surface area (Å²) < 4.78 is 4.84. The van der Waals surface area contributed by atoms with Crippen molar-refractivity contribution in [2.45, 2.75) is 13.5 Å². The fraction of sp³-hybridized carbons (Fsp3) is 0.556. The lowest BCUT2D eigenvalue weighted by molar-refractivity contribution is -0.129. The van der Waals surface area contributed by atoms with Crippen LogP contribution in [0.4, 0.5) is 11.4 Å². The Morgan fingerprint density at radius 1 is 1.12 bits per heavy atom. The molecule has 0 radical (unpaired) electrons. The molecular weight excluding hydrogens is 320 g/mol. The molecule has 0 aliphatic rings. The third kappa shape index (κ3) is 7.11. The lowest BCUT2D eigenvalue weighted by Gasteiger charge is -2.26. The minimum Gasteiger partial charge on any atom is -0.377 e. The lowest BCUT2D eigenvalue weighted by atomic mass is 10.1. The first-order valence-corrected chi connectivity index (χ1v) is 8.24. The van der Waals surface area contributed by atoms with Crippen LogP contribution in [0.25, 0.3) is 0 Å². The molecule has 0 saturated heterocycles. The smallest absolute Gasteiger partial charge is 0.250 e. The van der Waals surface area contributed by atoms with Gasteiger partial charge < -0.3 is 24.8 Å². The Morgan fingerprint density at radius 2 is 1.80 bits per heavy atom. The molecule has 0 heterocycles. The molecule has 25 heavy (non-hydrogen) atoms. The maximum atomic E-state index is 12.0. The third-order valence-corrected chi connectivity index (χ3v) is 3.74. The molecule has 0 atom stereocenters. The molecule has 1 aromatic rings. The third-order valence-electron chi connectivity index (χ3n) is 3.74. The molecule has 0 aliphatic carbocycles. The molecule has 0 aliphatic heterocycles. The molecule has 0 unspecified atom stereocenters. The predicted octanol–water partition coefficient (Wildman–Crippen LogP) is 1.25. The van der Waals surface area contributed by atoms with Crippen molar-refractivity contribution >= 4 is 23.2 Å². The first-order chi connectivity index (χ1) is 11.7. The Balaban J connectivity index is 3.02. The second kappa shape index (κ2) is 10.0. The van der Waals surface area contributed by atoms with Gasteiger partial charge in [0.15, 0.2) is 0 Å². The number of nitrogens with zero attached hydrogens (tertiary/aromatic N) is 3. The van der Waals surface area contributed by atoms with Crippen LogP contribution < -0.4 is 10.2 Å². The van der Waals surface area contributed by atoms with Crippen molar-refractivity contribution in [3.8, 4) is 0 Å². The van der Waals surface area contributed by atoms with Crippen LogP contribution in [-0.2, 0) is 20.9 Å². The highest BCUT2D eigenvalue weighted by Crippen LogP contribution is 2.24. The van der Waals surface area contributed by atoms with Crippen molar-refractivity contribution < 1.29 is 14.3 Å². The summed E-state index contributed by atoms with van der Waals surface area (Å²) in [6, 6.07) is 5.71. The zero-order valence-electron chi connectivity index (χ0n) is 16.1. The van der Waals surface area contributed by atoms with Crippen LogP contribution in [0.2, 0.25) is 0 Å². The van der Waals surface area contributed by atoms with Gasteiger partial charge in [-0.3, -0.25) is 9.59 Å². The number of likely N-dealkylation sites (N-methyl/N-ethyl adjacent to an activating group) is 1. The van der Waals surface area contributed by atoms with Crippen LogP contribution in [0.5, 0.6) is 0 Å². The Hall–Kier alpha value is -2.12. The van der Waals surface area contributed by atoms with Crippen molar-refractivity contribution in [1.82, 2.24) is 9.80 Å². The number of amides is 2. The van der Waals surface area contributed by atoms with Gasteiger partial charge in [0, 0.05) is 59.1 Å². The average molecular weight is 350 g/mol. The second-order valence-corrected chi connectivity index (χ2v) is 6.46. The molecule has 0 spiro atoms. The standard InChI is InChI=1S/C18H30N4O3/c1-14(23)22(10-9-20(2)3)12-15-11-16(19-18(24)13-25-6)7-8-17(15)21(4)5/h7-8,11H,9-10,12-13H2,1-6H3,(H,19,24). The van der Waals surface area contributed by atoms with Crippen molar-refractivity contribution in [3.05, 3.63) is 23.8 Å². The van der Waals surface area contributed by atoms with E-state index in [0.717, 1.165) is 17.8 Å². The predicted molar refractivity (Wildman–Crippen MR) is 101 cm³/mol. The van der Waals surface area contributed by atoms with E-state index in [4.69, 9.17) is 4.74 Å². The SMILES string of the molecule is COCC(=O)Nc1ccc(N(C)C)c(CN(CCN(C)C)C(C)=O)c1. The number of rotatable bonds is 9. The molecule has 7 heteroatoms. The Kier molecular flexibility index (Phi) is 8.37. The zero-order valence-corrected chi connectivity index (χ0v) is 16.1. The topological polar surface area (TPSA) is 65.1 Å². The van der Waals surface area contributed by atoms with Crippen LogP contribution in [-0.4, -0.2) is 76.6 Å². The van der Waals surface area contributed by atoms with E-state index in [1.807, 2.05) is 61.1 Å². The molecule has 0 bridgehead atoms. The minimum atomic E-state index is -0.206. The van der Waals surface area contributed by atoms with Crippen molar-refractivity contribution in [1.29, 1.82) is 0 Å². The van der Waals surface area contributed by atoms with Gasteiger partial charge in [0.1, 0.15) is 6.61 Å². The van der Waals surface area contributed by atoms with Crippen molar-refractivity contribution in [2.75, 3.05) is 65.2 Å². The van der Waals surface area contributed by atoms with Gasteiger partial charge in [0.05, 0.1) is 0 Å². The summed E-state index contributed by atoms with van der Waals surface area (Å²) in [6.45, 7) is 3.52. The summed E-state index contributed by atoms with van der Waals surface area (Å²) in [5.41, 5.74) is 2.69. The van der Waals surface area contributed by atoms with Gasteiger partial charge in [-0.2, -0.15) is 0 Å². The Bertz CT molecular complexity index is 588. The van der Waals surface area contributed by atoms with Gasteiger partial charge in [-0.05, 0) is 37.9 Å². The fourth-order valence-electron chi connectivity index (χ4n) is 2.43. The summed E-state index contributed by atoms with van der Waals surface area (Å²) in [7, 11) is 9.36. The second-order valence-electron chi connectivity index (χ2n) is 6.46. The first-order valence-electron chi connectivity index (χ1n) is 8.24. The van der Waals surface area contributed by atoms with E-state index in [-0.39, 0.29) is 18.4 Å². The number of carbonyl (C=O) groups excluding carboxylic acids is 2. The van der Waals surface area contributed by atoms with Gasteiger partial charge in [0.25, 0.3) is 0 Å². The van der Waals surface area contributed by atoms with Gasteiger partial charge in [0.2, 0.25) is 11.8 Å². The number of nitrogens with one attached hydrogen (secondary N) is 1. The van der Waals surface area contributed by atoms with Gasteiger partial charge >= 0.3 is 0 Å². The van der Waals surface area contributed by atoms with Crippen LogP contribution in [0.3, 0.4) is 0 Å². The van der Waals surface area contributed by atoms with E-state index in [9.17, 15) is 9.59 Å². The zero-order chi connectivity index (χ0) is 19.0. The largest absolute Gasteiger partial charge is 0.377 e. The van der Waals surface area contributed by atoms with Crippen molar-refractivity contribution in [3.63, 3.8) is 0 Å². The highest BCUT2D eigenvalue weighted by molar-refractivity contribution is 5.92. The maximum absolute atomic E-state index is 12.0. The summed E-state index contributed by atoms with van der Waals surface area (Å²) in [5, 5.41) is 2.81. The molecule has 2 amide bonds. The fourth-order valence-corrected chi connectivity index (χ4v) is 2.43. The Labute approximate surface area is 150 Å². The normalized spacial score (nSPS) is 10.7. The number of carbonyl (C=O) groups is 2. The monoisotopic (exact) mass is 350 g/mol. The van der Waals surface area contributed by atoms with Crippen LogP contribution in [0, 0.1) is 0 Å². The van der Waals surface area contributed by atoms with E-state index in [0.29, 0.717) is 18.8 Å². The molecule has 0 aromatic heterocycles. The molecule has 1 rings (SSSR count). The van der Waals surface area contributed by atoms with Gasteiger partial charge in [-0.15, -0.1) is 0 Å². The highest BCUT2D eigenvalue weighted by atomic mass is 16.5. The molecule has 1 N–H and O–H groups in total. The minimum absolute atomic E-state index is 0.00711. The van der Waals surface area contributed by atoms with Crippen LogP contribution >= 0.6 is 0 Å². The highest BCUT2D eigenvalue weighted by Gasteiger charge is 2.14. The lowest BCUT2D eigenvalue weighted by Crippen LogP contribution is -2.35. The molecular formula is C18H30N4O3. The molecule has 7 nitrogen and oxygen atoms in total. The number of anilines is 2. The summed E-state index contributed by atoms with van der Waals surface area (Å²) in [5.74, 6) is -0.178. The quantitative estimate of drug-likeness (QED) is 0.726. The summed E-state index contributed by atoms with van der Waals surface area (Å²) >= 11 is 0. The summed E-state index contributed by atoms with van der Waals surface area (Å²) in [6.07, 6.45) is 0. The van der Waals surface area contributed by atoms with Crippen LogP contribution in [0.15, 0.2) is 18.2 Å². The van der Waals surface area contributed by atoms with E-state index >= 15 is 0 Å². The Morgan fingerprint density at radius 3 is 2.32 bits per heavy atom. The van der Waals surface area contributed by atoms with Crippen LogP contribution in [0.1, 0.15) is 12.5 Å². The van der Waals surface area contributed by atoms with Gasteiger partial charge in [-0.1, -0.05) is 0 Å². The number of benzene rings is 1. The van der Waals surface area contributed by atoms with E-state index < -0.39 is 0 Å². The van der Waals surface area contributed by atoms with E-state index in [1.165, 1.54) is 7.11 Å². The number of ether oxygens (including phenoxy) is 1. The van der Waals surface area contributed by atoms with Crippen molar-refractivity contribution in [2.24, 2.45) is 0 Å². The number of hydrogen-bond acceptors (Lipinski definition) is 5. The first kappa shape index (κ1) is 20.9. The molecule has 0 fully saturated rings. The molecule has 140 valence electrons. The maximum Gasteiger partial charge on any atom is 0.250 e.